The zero-order valence-electron chi connectivity index (χ0n) is 8.59. The molecule has 0 spiro atoms. The second kappa shape index (κ2) is 4.14. The summed E-state index contributed by atoms with van der Waals surface area (Å²) in [6, 6.07) is 5.70. The van der Waals surface area contributed by atoms with Crippen molar-refractivity contribution in [3.63, 3.8) is 0 Å². The van der Waals surface area contributed by atoms with Crippen LogP contribution in [-0.2, 0) is 10.2 Å². The number of hydrogen-bond acceptors (Lipinski definition) is 3. The molecule has 1 aromatic rings. The SMILES string of the molecule is COc1ccc(C2(C#N)COC2)c(Cl)c1Cl. The minimum atomic E-state index is -0.660. The quantitative estimate of drug-likeness (QED) is 0.819. The molecule has 3 nitrogen and oxygen atoms in total. The van der Waals surface area contributed by atoms with Crippen molar-refractivity contribution in [1.29, 1.82) is 5.26 Å². The zero-order chi connectivity index (χ0) is 11.8. The van der Waals surface area contributed by atoms with Gasteiger partial charge < -0.3 is 9.47 Å². The van der Waals surface area contributed by atoms with Crippen molar-refractivity contribution in [3.05, 3.63) is 27.7 Å². The van der Waals surface area contributed by atoms with E-state index in [-0.39, 0.29) is 0 Å². The van der Waals surface area contributed by atoms with Crippen LogP contribution < -0.4 is 4.74 Å². The van der Waals surface area contributed by atoms with Crippen LogP contribution in [0.3, 0.4) is 0 Å². The van der Waals surface area contributed by atoms with Crippen molar-refractivity contribution in [2.75, 3.05) is 20.3 Å². The van der Waals surface area contributed by atoms with Crippen molar-refractivity contribution in [3.8, 4) is 11.8 Å². The van der Waals surface area contributed by atoms with Crippen LogP contribution in [0.4, 0.5) is 0 Å². The van der Waals surface area contributed by atoms with E-state index in [2.05, 4.69) is 6.07 Å². The predicted octanol–water partition coefficient (Wildman–Crippen LogP) is 2.79. The highest BCUT2D eigenvalue weighted by Gasteiger charge is 2.43. The molecule has 2 rings (SSSR count). The van der Waals surface area contributed by atoms with E-state index in [1.807, 2.05) is 0 Å². The fourth-order valence-electron chi connectivity index (χ4n) is 1.65. The van der Waals surface area contributed by atoms with Gasteiger partial charge in [-0.1, -0.05) is 29.3 Å². The van der Waals surface area contributed by atoms with Crippen LogP contribution in [0.1, 0.15) is 5.56 Å². The number of ether oxygens (including phenoxy) is 2. The topological polar surface area (TPSA) is 42.2 Å². The molecule has 0 N–H and O–H groups in total. The van der Waals surface area contributed by atoms with Gasteiger partial charge in [-0.3, -0.25) is 0 Å². The summed E-state index contributed by atoms with van der Waals surface area (Å²) in [5.41, 5.74) is 0.0428. The highest BCUT2D eigenvalue weighted by molar-refractivity contribution is 6.43. The van der Waals surface area contributed by atoms with Crippen LogP contribution in [0.5, 0.6) is 5.75 Å². The first-order valence-corrected chi connectivity index (χ1v) is 5.42. The lowest BCUT2D eigenvalue weighted by Gasteiger charge is -2.36. The van der Waals surface area contributed by atoms with Crippen LogP contribution in [0.25, 0.3) is 0 Å². The Morgan fingerprint density at radius 2 is 2.06 bits per heavy atom. The zero-order valence-corrected chi connectivity index (χ0v) is 10.1. The molecule has 1 fully saturated rings. The Morgan fingerprint density at radius 1 is 1.38 bits per heavy atom. The van der Waals surface area contributed by atoms with Gasteiger partial charge in [0.1, 0.15) is 16.2 Å². The Morgan fingerprint density at radius 3 is 2.50 bits per heavy atom. The van der Waals surface area contributed by atoms with Crippen molar-refractivity contribution >= 4 is 23.2 Å². The van der Waals surface area contributed by atoms with E-state index in [1.54, 1.807) is 12.1 Å². The Labute approximate surface area is 103 Å². The van der Waals surface area contributed by atoms with Gasteiger partial charge in [-0.05, 0) is 11.6 Å². The molecule has 1 aliphatic rings. The molecule has 0 bridgehead atoms. The molecule has 1 saturated heterocycles. The van der Waals surface area contributed by atoms with E-state index in [0.29, 0.717) is 34.6 Å². The van der Waals surface area contributed by atoms with E-state index >= 15 is 0 Å². The maximum atomic E-state index is 9.17. The van der Waals surface area contributed by atoms with Crippen LogP contribution >= 0.6 is 23.2 Å². The van der Waals surface area contributed by atoms with E-state index in [0.717, 1.165) is 0 Å². The number of rotatable bonds is 2. The Bertz CT molecular complexity index is 464. The molecule has 1 aromatic carbocycles. The average molecular weight is 258 g/mol. The summed E-state index contributed by atoms with van der Waals surface area (Å²) in [5, 5.41) is 9.87. The molecule has 0 atom stereocenters. The number of benzene rings is 1. The highest BCUT2D eigenvalue weighted by atomic mass is 35.5. The average Bonchev–Trinajstić information content (AvgIpc) is 2.23. The number of methoxy groups -OCH3 is 1. The smallest absolute Gasteiger partial charge is 0.139 e. The van der Waals surface area contributed by atoms with Gasteiger partial charge in [0.2, 0.25) is 0 Å². The van der Waals surface area contributed by atoms with Gasteiger partial charge in [-0.15, -0.1) is 0 Å². The first-order valence-electron chi connectivity index (χ1n) is 4.66. The van der Waals surface area contributed by atoms with Crippen molar-refractivity contribution in [1.82, 2.24) is 0 Å². The van der Waals surface area contributed by atoms with Gasteiger partial charge in [0.15, 0.2) is 0 Å². The Balaban J connectivity index is 2.52. The predicted molar refractivity (Wildman–Crippen MR) is 61.1 cm³/mol. The summed E-state index contributed by atoms with van der Waals surface area (Å²) in [6.45, 7) is 0.706. The molecular formula is C11H9Cl2NO2. The summed E-state index contributed by atoms with van der Waals surface area (Å²) in [6.07, 6.45) is 0. The molecule has 0 aliphatic carbocycles. The summed E-state index contributed by atoms with van der Waals surface area (Å²) in [7, 11) is 1.52. The second-order valence-corrected chi connectivity index (χ2v) is 4.39. The fourth-order valence-corrected chi connectivity index (χ4v) is 2.22. The monoisotopic (exact) mass is 257 g/mol. The lowest BCUT2D eigenvalue weighted by molar-refractivity contribution is -0.0297. The largest absolute Gasteiger partial charge is 0.495 e. The maximum absolute atomic E-state index is 9.17. The first kappa shape index (κ1) is 11.5. The highest BCUT2D eigenvalue weighted by Crippen LogP contribution is 2.42. The van der Waals surface area contributed by atoms with Gasteiger partial charge in [-0.2, -0.15) is 5.26 Å². The summed E-state index contributed by atoms with van der Waals surface area (Å²) >= 11 is 12.2. The van der Waals surface area contributed by atoms with Crippen molar-refractivity contribution in [2.24, 2.45) is 0 Å². The van der Waals surface area contributed by atoms with Crippen molar-refractivity contribution < 1.29 is 9.47 Å². The first-order chi connectivity index (χ1) is 7.64. The molecule has 5 heteroatoms. The van der Waals surface area contributed by atoms with Gasteiger partial charge in [0.05, 0.1) is 31.4 Å². The van der Waals surface area contributed by atoms with Crippen LogP contribution in [-0.4, -0.2) is 20.3 Å². The molecular weight excluding hydrogens is 249 g/mol. The third kappa shape index (κ3) is 1.54. The van der Waals surface area contributed by atoms with E-state index in [9.17, 15) is 0 Å². The molecule has 84 valence electrons. The number of halogens is 2. The Kier molecular flexibility index (Phi) is 2.98. The summed E-state index contributed by atoms with van der Waals surface area (Å²) in [5.74, 6) is 0.503. The lowest BCUT2D eigenvalue weighted by atomic mass is 9.80. The van der Waals surface area contributed by atoms with Crippen LogP contribution in [0.2, 0.25) is 10.0 Å². The number of nitrogens with zero attached hydrogens (tertiary/aromatic N) is 1. The molecule has 0 radical (unpaired) electrons. The normalized spacial score (nSPS) is 17.4. The van der Waals surface area contributed by atoms with Gasteiger partial charge >= 0.3 is 0 Å². The van der Waals surface area contributed by atoms with Gasteiger partial charge in [0, 0.05) is 0 Å². The lowest BCUT2D eigenvalue weighted by Crippen LogP contribution is -2.45. The second-order valence-electron chi connectivity index (χ2n) is 3.63. The minimum Gasteiger partial charge on any atom is -0.495 e. The number of hydrogen-bond donors (Lipinski definition) is 0. The molecule has 1 heterocycles. The molecule has 0 aromatic heterocycles. The standard InChI is InChI=1S/C11H9Cl2NO2/c1-15-8-3-2-7(9(12)10(8)13)11(4-14)5-16-6-11/h2-3H,5-6H2,1H3. The molecule has 0 unspecified atom stereocenters. The molecule has 1 aliphatic heterocycles. The van der Waals surface area contributed by atoms with Crippen LogP contribution in [0.15, 0.2) is 12.1 Å². The van der Waals surface area contributed by atoms with E-state index in [4.69, 9.17) is 37.9 Å². The van der Waals surface area contributed by atoms with Gasteiger partial charge in [0.25, 0.3) is 0 Å². The van der Waals surface area contributed by atoms with E-state index in [1.165, 1.54) is 7.11 Å². The summed E-state index contributed by atoms with van der Waals surface area (Å²) in [4.78, 5) is 0. The third-order valence-electron chi connectivity index (χ3n) is 2.69. The molecule has 16 heavy (non-hydrogen) atoms. The maximum Gasteiger partial charge on any atom is 0.139 e. The van der Waals surface area contributed by atoms with Crippen molar-refractivity contribution in [2.45, 2.75) is 5.41 Å². The van der Waals surface area contributed by atoms with Gasteiger partial charge in [-0.25, -0.2) is 0 Å². The minimum absolute atomic E-state index is 0.336. The van der Waals surface area contributed by atoms with Crippen LogP contribution in [0, 0.1) is 11.3 Å². The van der Waals surface area contributed by atoms with E-state index < -0.39 is 5.41 Å². The fraction of sp³-hybridized carbons (Fsp3) is 0.364. The molecule has 0 amide bonds. The third-order valence-corrected chi connectivity index (χ3v) is 3.56. The Hall–Kier alpha value is -0.950. The molecule has 0 saturated carbocycles. The number of nitriles is 1. The summed E-state index contributed by atoms with van der Waals surface area (Å²) < 4.78 is 10.1.